The predicted octanol–water partition coefficient (Wildman–Crippen LogP) is 2.51. The largest absolute Gasteiger partial charge is 0.496 e. The molecule has 0 radical (unpaired) electrons. The molecule has 124 valence electrons. The fourth-order valence-corrected chi connectivity index (χ4v) is 3.29. The van der Waals surface area contributed by atoms with Crippen molar-refractivity contribution < 1.29 is 9.47 Å². The van der Waals surface area contributed by atoms with E-state index in [2.05, 4.69) is 47.5 Å². The van der Waals surface area contributed by atoms with E-state index < -0.39 is 0 Å². The number of ether oxygens (including phenoxy) is 2. The first-order valence-electron chi connectivity index (χ1n) is 8.05. The summed E-state index contributed by atoms with van der Waals surface area (Å²) in [6.45, 7) is 7.71. The van der Waals surface area contributed by atoms with E-state index in [0.717, 1.165) is 48.9 Å². The van der Waals surface area contributed by atoms with Gasteiger partial charge < -0.3 is 18.9 Å². The fraction of sp³-hybridized carbons (Fsp3) is 0.500. The first-order chi connectivity index (χ1) is 11.1. The van der Waals surface area contributed by atoms with E-state index in [-0.39, 0.29) is 6.10 Å². The molecule has 0 aliphatic carbocycles. The van der Waals surface area contributed by atoms with Gasteiger partial charge in [0, 0.05) is 25.5 Å². The third kappa shape index (κ3) is 3.41. The lowest BCUT2D eigenvalue weighted by Gasteiger charge is -2.30. The lowest BCUT2D eigenvalue weighted by Crippen LogP contribution is -2.41. The van der Waals surface area contributed by atoms with Crippen LogP contribution in [0, 0.1) is 13.8 Å². The van der Waals surface area contributed by atoms with Gasteiger partial charge in [-0.3, -0.25) is 0 Å². The minimum absolute atomic E-state index is 0.193. The van der Waals surface area contributed by atoms with Crippen LogP contribution in [0.3, 0.4) is 0 Å². The molecular formula is C18H25N3O2. The van der Waals surface area contributed by atoms with Crippen LogP contribution in [-0.4, -0.2) is 54.4 Å². The van der Waals surface area contributed by atoms with Crippen molar-refractivity contribution in [3.8, 4) is 17.1 Å². The van der Waals surface area contributed by atoms with Crippen molar-refractivity contribution in [2.24, 2.45) is 0 Å². The van der Waals surface area contributed by atoms with Gasteiger partial charge in [-0.05, 0) is 38.1 Å². The minimum Gasteiger partial charge on any atom is -0.496 e. The molecule has 1 aromatic heterocycles. The van der Waals surface area contributed by atoms with Crippen LogP contribution in [0.1, 0.15) is 11.1 Å². The van der Waals surface area contributed by atoms with Crippen molar-refractivity contribution >= 4 is 0 Å². The molecule has 1 aromatic carbocycles. The van der Waals surface area contributed by atoms with Crippen LogP contribution < -0.4 is 4.74 Å². The first-order valence-corrected chi connectivity index (χ1v) is 8.05. The molecular weight excluding hydrogens is 290 g/mol. The molecule has 1 saturated heterocycles. The summed E-state index contributed by atoms with van der Waals surface area (Å²) >= 11 is 0. The van der Waals surface area contributed by atoms with Crippen LogP contribution in [0.25, 0.3) is 11.4 Å². The molecule has 1 fully saturated rings. The molecule has 2 heterocycles. The van der Waals surface area contributed by atoms with E-state index in [1.807, 2.05) is 12.4 Å². The number of imidazole rings is 1. The molecule has 0 N–H and O–H groups in total. The minimum atomic E-state index is 0.193. The molecule has 1 atom stereocenters. The van der Waals surface area contributed by atoms with Gasteiger partial charge in [0.05, 0.1) is 31.9 Å². The van der Waals surface area contributed by atoms with Crippen molar-refractivity contribution in [3.05, 3.63) is 35.7 Å². The van der Waals surface area contributed by atoms with Crippen LogP contribution in [0.4, 0.5) is 0 Å². The molecule has 2 aromatic rings. The Labute approximate surface area is 137 Å². The van der Waals surface area contributed by atoms with Crippen molar-refractivity contribution in [2.75, 3.05) is 33.9 Å². The van der Waals surface area contributed by atoms with Crippen molar-refractivity contribution in [1.29, 1.82) is 0 Å². The monoisotopic (exact) mass is 315 g/mol. The van der Waals surface area contributed by atoms with Crippen molar-refractivity contribution in [3.63, 3.8) is 0 Å². The lowest BCUT2D eigenvalue weighted by molar-refractivity contribution is -0.0272. The van der Waals surface area contributed by atoms with E-state index in [0.29, 0.717) is 0 Å². The second kappa shape index (κ2) is 6.72. The molecule has 1 unspecified atom stereocenters. The Kier molecular flexibility index (Phi) is 4.68. The number of rotatable bonds is 4. The van der Waals surface area contributed by atoms with Gasteiger partial charge in [-0.25, -0.2) is 4.98 Å². The molecule has 3 rings (SSSR count). The Morgan fingerprint density at radius 1 is 1.35 bits per heavy atom. The number of hydrogen-bond acceptors (Lipinski definition) is 4. The van der Waals surface area contributed by atoms with Crippen LogP contribution in [0.2, 0.25) is 0 Å². The summed E-state index contributed by atoms with van der Waals surface area (Å²) in [4.78, 5) is 6.88. The van der Waals surface area contributed by atoms with Crippen LogP contribution >= 0.6 is 0 Å². The zero-order valence-electron chi connectivity index (χ0n) is 14.4. The third-order valence-corrected chi connectivity index (χ3v) is 4.32. The number of benzene rings is 1. The van der Waals surface area contributed by atoms with Crippen LogP contribution in [-0.2, 0) is 11.3 Å². The van der Waals surface area contributed by atoms with Gasteiger partial charge in [-0.1, -0.05) is 6.07 Å². The van der Waals surface area contributed by atoms with Crippen LogP contribution in [0.5, 0.6) is 5.75 Å². The Balaban J connectivity index is 1.92. The van der Waals surface area contributed by atoms with Gasteiger partial charge in [0.2, 0.25) is 0 Å². The number of hydrogen-bond donors (Lipinski definition) is 0. The van der Waals surface area contributed by atoms with Gasteiger partial charge in [-0.2, -0.15) is 0 Å². The zero-order valence-corrected chi connectivity index (χ0v) is 14.4. The standard InChI is InChI=1S/C18H25N3O2/c1-13-9-14(2)17(22-4)16(10-13)18-19-5-6-21(18)12-15-11-20(3)7-8-23-15/h5-6,9-10,15H,7-8,11-12H2,1-4H3. The van der Waals surface area contributed by atoms with E-state index in [9.17, 15) is 0 Å². The number of nitrogens with zero attached hydrogens (tertiary/aromatic N) is 3. The van der Waals surface area contributed by atoms with Gasteiger partial charge in [-0.15, -0.1) is 0 Å². The molecule has 0 bridgehead atoms. The van der Waals surface area contributed by atoms with Crippen LogP contribution in [0.15, 0.2) is 24.5 Å². The van der Waals surface area contributed by atoms with Gasteiger partial charge >= 0.3 is 0 Å². The third-order valence-electron chi connectivity index (χ3n) is 4.32. The summed E-state index contributed by atoms with van der Waals surface area (Å²) in [5.74, 6) is 1.83. The summed E-state index contributed by atoms with van der Waals surface area (Å²) in [6, 6.07) is 4.27. The van der Waals surface area contributed by atoms with Gasteiger partial charge in [0.25, 0.3) is 0 Å². The summed E-state index contributed by atoms with van der Waals surface area (Å²) in [5.41, 5.74) is 3.38. The smallest absolute Gasteiger partial charge is 0.143 e. The fourth-order valence-electron chi connectivity index (χ4n) is 3.29. The SMILES string of the molecule is COc1c(C)cc(C)cc1-c1nccn1CC1CN(C)CCO1. The molecule has 0 spiro atoms. The predicted molar refractivity (Wildman–Crippen MR) is 90.9 cm³/mol. The number of morpholine rings is 1. The first kappa shape index (κ1) is 16.0. The second-order valence-electron chi connectivity index (χ2n) is 6.32. The number of methoxy groups -OCH3 is 1. The maximum absolute atomic E-state index is 5.90. The van der Waals surface area contributed by atoms with Gasteiger partial charge in [0.15, 0.2) is 0 Å². The highest BCUT2D eigenvalue weighted by Crippen LogP contribution is 2.33. The van der Waals surface area contributed by atoms with E-state index in [1.165, 1.54) is 5.56 Å². The van der Waals surface area contributed by atoms with Crippen molar-refractivity contribution in [2.45, 2.75) is 26.5 Å². The van der Waals surface area contributed by atoms with E-state index in [1.54, 1.807) is 7.11 Å². The normalized spacial score (nSPS) is 19.0. The summed E-state index contributed by atoms with van der Waals surface area (Å²) < 4.78 is 13.7. The maximum atomic E-state index is 5.90. The molecule has 1 aliphatic heterocycles. The van der Waals surface area contributed by atoms with Gasteiger partial charge in [0.1, 0.15) is 11.6 Å². The average Bonchev–Trinajstić information content (AvgIpc) is 2.94. The number of aryl methyl sites for hydroxylation is 2. The van der Waals surface area contributed by atoms with E-state index in [4.69, 9.17) is 9.47 Å². The Hall–Kier alpha value is -1.85. The molecule has 1 aliphatic rings. The van der Waals surface area contributed by atoms with Crippen molar-refractivity contribution in [1.82, 2.24) is 14.5 Å². The molecule has 5 heteroatoms. The highest BCUT2D eigenvalue weighted by molar-refractivity contribution is 5.68. The highest BCUT2D eigenvalue weighted by Gasteiger charge is 2.21. The van der Waals surface area contributed by atoms with E-state index >= 15 is 0 Å². The topological polar surface area (TPSA) is 39.5 Å². The summed E-state index contributed by atoms with van der Waals surface area (Å²) in [5, 5.41) is 0. The molecule has 0 amide bonds. The Bertz CT molecular complexity index is 681. The zero-order chi connectivity index (χ0) is 16.4. The Morgan fingerprint density at radius 3 is 2.91 bits per heavy atom. The maximum Gasteiger partial charge on any atom is 0.143 e. The highest BCUT2D eigenvalue weighted by atomic mass is 16.5. The second-order valence-corrected chi connectivity index (χ2v) is 6.32. The quantitative estimate of drug-likeness (QED) is 0.869. The molecule has 0 saturated carbocycles. The molecule has 5 nitrogen and oxygen atoms in total. The number of aromatic nitrogens is 2. The number of likely N-dealkylation sites (N-methyl/N-ethyl adjacent to an activating group) is 1. The Morgan fingerprint density at radius 2 is 2.17 bits per heavy atom. The summed E-state index contributed by atoms with van der Waals surface area (Å²) in [7, 11) is 3.85. The molecule has 23 heavy (non-hydrogen) atoms. The summed E-state index contributed by atoms with van der Waals surface area (Å²) in [6.07, 6.45) is 4.06. The average molecular weight is 315 g/mol. The lowest BCUT2D eigenvalue weighted by atomic mass is 10.0.